The Morgan fingerprint density at radius 1 is 1.00 bits per heavy atom. The highest BCUT2D eigenvalue weighted by atomic mass is 16.5. The quantitative estimate of drug-likeness (QED) is 0.485. The van der Waals surface area contributed by atoms with E-state index in [-0.39, 0.29) is 30.1 Å². The van der Waals surface area contributed by atoms with Gasteiger partial charge in [-0.3, -0.25) is 14.5 Å². The van der Waals surface area contributed by atoms with Gasteiger partial charge in [0.2, 0.25) is 5.91 Å². The summed E-state index contributed by atoms with van der Waals surface area (Å²) in [6.45, 7) is 6.17. The minimum atomic E-state index is -0.283. The van der Waals surface area contributed by atoms with Gasteiger partial charge >= 0.3 is 0 Å². The van der Waals surface area contributed by atoms with Crippen LogP contribution in [0.2, 0.25) is 0 Å². The number of allylic oxidation sites excluding steroid dienone is 1. The zero-order chi connectivity index (χ0) is 23.4. The van der Waals surface area contributed by atoms with Gasteiger partial charge in [-0.2, -0.15) is 5.26 Å². The molecule has 1 amide bonds. The molecule has 4 rings (SSSR count). The fourth-order valence-electron chi connectivity index (χ4n) is 5.07. The van der Waals surface area contributed by atoms with Crippen LogP contribution in [0.1, 0.15) is 25.7 Å². The maximum Gasteiger partial charge on any atom is 0.223 e. The molecule has 8 nitrogen and oxygen atoms in total. The third-order valence-corrected chi connectivity index (χ3v) is 7.01. The van der Waals surface area contributed by atoms with Crippen LogP contribution in [-0.4, -0.2) is 81.5 Å². The molecule has 0 aromatic heterocycles. The Morgan fingerprint density at radius 2 is 1.61 bits per heavy atom. The average Bonchev–Trinajstić information content (AvgIpc) is 3.10. The fraction of sp³-hybridized carbons (Fsp3) is 0.560. The topological polar surface area (TPSA) is 80.1 Å². The van der Waals surface area contributed by atoms with Crippen molar-refractivity contribution in [3.05, 3.63) is 35.7 Å². The molecule has 1 aromatic carbocycles. The number of carbonyl (C=O) groups excluding carboxylic acids is 2. The normalized spacial score (nSPS) is 19.4. The maximum absolute atomic E-state index is 12.9. The number of nitrogens with zero attached hydrogens (tertiary/aromatic N) is 5. The van der Waals surface area contributed by atoms with Crippen molar-refractivity contribution < 1.29 is 14.3 Å². The number of carbonyl (C=O) groups is 2. The van der Waals surface area contributed by atoms with Crippen molar-refractivity contribution in [3.63, 3.8) is 0 Å². The summed E-state index contributed by atoms with van der Waals surface area (Å²) in [5, 5.41) is 9.76. The van der Waals surface area contributed by atoms with Crippen LogP contribution in [0, 0.1) is 17.2 Å². The summed E-state index contributed by atoms with van der Waals surface area (Å²) < 4.78 is 5.42. The molecule has 0 unspecified atom stereocenters. The predicted molar refractivity (Wildman–Crippen MR) is 127 cm³/mol. The standard InChI is InChI=1S/C25H33N5O3/c1-27-21-5-3-4-6-22(21)28(2)25(27)20(17-26)23(31)7-8-24(32)30-11-9-19(10-12-30)18-29-13-15-33-16-14-29/h3-6,19H,7-16,18H2,1-2H3. The van der Waals surface area contributed by atoms with Gasteiger partial charge < -0.3 is 19.4 Å². The second-order valence-electron chi connectivity index (χ2n) is 9.08. The van der Waals surface area contributed by atoms with Crippen molar-refractivity contribution >= 4 is 23.1 Å². The van der Waals surface area contributed by atoms with E-state index in [0.717, 1.165) is 70.2 Å². The molecule has 8 heteroatoms. The highest BCUT2D eigenvalue weighted by Crippen LogP contribution is 2.40. The Kier molecular flexibility index (Phi) is 7.31. The van der Waals surface area contributed by atoms with Crippen LogP contribution in [0.15, 0.2) is 35.7 Å². The summed E-state index contributed by atoms with van der Waals surface area (Å²) in [6, 6.07) is 9.89. The third kappa shape index (κ3) is 5.05. The molecule has 3 aliphatic rings. The van der Waals surface area contributed by atoms with Crippen LogP contribution in [-0.2, 0) is 14.3 Å². The first-order valence-electron chi connectivity index (χ1n) is 11.8. The number of amides is 1. The van der Waals surface area contributed by atoms with Crippen molar-refractivity contribution in [2.75, 3.05) is 69.8 Å². The zero-order valence-electron chi connectivity index (χ0n) is 19.6. The van der Waals surface area contributed by atoms with E-state index in [1.807, 2.05) is 53.1 Å². The molecule has 176 valence electrons. The molecular formula is C25H33N5O3. The van der Waals surface area contributed by atoms with Gasteiger partial charge in [0.25, 0.3) is 0 Å². The summed E-state index contributed by atoms with van der Waals surface area (Å²) in [4.78, 5) is 33.8. The van der Waals surface area contributed by atoms with Crippen LogP contribution in [0.25, 0.3) is 0 Å². The van der Waals surface area contributed by atoms with Crippen LogP contribution < -0.4 is 9.80 Å². The number of hydrogen-bond donors (Lipinski definition) is 0. The number of para-hydroxylation sites is 2. The average molecular weight is 452 g/mol. The highest BCUT2D eigenvalue weighted by Gasteiger charge is 2.32. The molecular weight excluding hydrogens is 418 g/mol. The number of nitriles is 1. The number of piperidine rings is 1. The molecule has 3 heterocycles. The Bertz CT molecular complexity index is 924. The van der Waals surface area contributed by atoms with E-state index >= 15 is 0 Å². The van der Waals surface area contributed by atoms with Gasteiger partial charge in [0, 0.05) is 59.7 Å². The van der Waals surface area contributed by atoms with E-state index in [4.69, 9.17) is 4.74 Å². The predicted octanol–water partition coefficient (Wildman–Crippen LogP) is 2.23. The number of fused-ring (bicyclic) bond motifs is 1. The number of morpholine rings is 1. The molecule has 0 saturated carbocycles. The molecule has 1 aromatic rings. The smallest absolute Gasteiger partial charge is 0.223 e. The van der Waals surface area contributed by atoms with Gasteiger partial charge in [0.1, 0.15) is 17.5 Å². The Balaban J connectivity index is 1.30. The minimum Gasteiger partial charge on any atom is -0.379 e. The maximum atomic E-state index is 12.9. The number of Topliss-reactive ketones (excluding diaryl/α,β-unsaturated/α-hetero) is 1. The lowest BCUT2D eigenvalue weighted by Crippen LogP contribution is -2.44. The first-order chi connectivity index (χ1) is 16.0. The van der Waals surface area contributed by atoms with E-state index in [2.05, 4.69) is 11.0 Å². The second kappa shape index (κ2) is 10.4. The van der Waals surface area contributed by atoms with Gasteiger partial charge in [-0.1, -0.05) is 12.1 Å². The van der Waals surface area contributed by atoms with Crippen LogP contribution >= 0.6 is 0 Å². The molecule has 2 saturated heterocycles. The molecule has 33 heavy (non-hydrogen) atoms. The first kappa shape index (κ1) is 23.3. The Labute approximate surface area is 196 Å². The van der Waals surface area contributed by atoms with Crippen molar-refractivity contribution in [1.29, 1.82) is 5.26 Å². The van der Waals surface area contributed by atoms with Crippen molar-refractivity contribution in [3.8, 4) is 6.07 Å². The number of ketones is 1. The van der Waals surface area contributed by atoms with E-state index in [0.29, 0.717) is 11.7 Å². The van der Waals surface area contributed by atoms with Crippen LogP contribution in [0.4, 0.5) is 11.4 Å². The number of hydrogen-bond acceptors (Lipinski definition) is 7. The van der Waals surface area contributed by atoms with Gasteiger partial charge in [0.05, 0.1) is 24.6 Å². The Morgan fingerprint density at radius 3 is 2.18 bits per heavy atom. The second-order valence-corrected chi connectivity index (χ2v) is 9.08. The number of likely N-dealkylation sites (tertiary alicyclic amines) is 1. The molecule has 2 fully saturated rings. The van der Waals surface area contributed by atoms with Gasteiger partial charge in [0.15, 0.2) is 5.78 Å². The lowest BCUT2D eigenvalue weighted by molar-refractivity contribution is -0.134. The fourth-order valence-corrected chi connectivity index (χ4v) is 5.07. The Hall–Kier alpha value is -2.89. The minimum absolute atomic E-state index is 0.00637. The lowest BCUT2D eigenvalue weighted by atomic mass is 9.95. The van der Waals surface area contributed by atoms with Gasteiger partial charge in [-0.25, -0.2) is 0 Å². The summed E-state index contributed by atoms with van der Waals surface area (Å²) in [6.07, 6.45) is 2.19. The molecule has 0 spiro atoms. The largest absolute Gasteiger partial charge is 0.379 e. The monoisotopic (exact) mass is 451 g/mol. The first-order valence-corrected chi connectivity index (χ1v) is 11.8. The SMILES string of the molecule is CN1C(=C(C#N)C(=O)CCC(=O)N2CCC(CN3CCOCC3)CC2)N(C)c2ccccc21. The zero-order valence-corrected chi connectivity index (χ0v) is 19.6. The molecule has 0 atom stereocenters. The van der Waals surface area contributed by atoms with E-state index in [1.165, 1.54) is 0 Å². The van der Waals surface area contributed by atoms with E-state index in [1.54, 1.807) is 0 Å². The number of ether oxygens (including phenoxy) is 1. The van der Waals surface area contributed by atoms with Crippen molar-refractivity contribution in [1.82, 2.24) is 9.80 Å². The van der Waals surface area contributed by atoms with Gasteiger partial charge in [-0.15, -0.1) is 0 Å². The van der Waals surface area contributed by atoms with Crippen molar-refractivity contribution in [2.24, 2.45) is 5.92 Å². The van der Waals surface area contributed by atoms with Crippen LogP contribution in [0.5, 0.6) is 0 Å². The molecule has 0 bridgehead atoms. The van der Waals surface area contributed by atoms with E-state index in [9.17, 15) is 14.9 Å². The third-order valence-electron chi connectivity index (χ3n) is 7.01. The van der Waals surface area contributed by atoms with Crippen molar-refractivity contribution in [2.45, 2.75) is 25.7 Å². The van der Waals surface area contributed by atoms with Crippen LogP contribution in [0.3, 0.4) is 0 Å². The summed E-state index contributed by atoms with van der Waals surface area (Å²) in [5.74, 6) is 0.903. The molecule has 3 aliphatic heterocycles. The molecule has 0 N–H and O–H groups in total. The summed E-state index contributed by atoms with van der Waals surface area (Å²) in [5.41, 5.74) is 2.01. The molecule has 0 aliphatic carbocycles. The number of rotatable bonds is 6. The highest BCUT2D eigenvalue weighted by molar-refractivity contribution is 6.03. The lowest BCUT2D eigenvalue weighted by Gasteiger charge is -2.36. The number of benzene rings is 1. The summed E-state index contributed by atoms with van der Waals surface area (Å²) >= 11 is 0. The number of anilines is 2. The summed E-state index contributed by atoms with van der Waals surface area (Å²) in [7, 11) is 3.71. The van der Waals surface area contributed by atoms with E-state index < -0.39 is 0 Å². The van der Waals surface area contributed by atoms with Gasteiger partial charge in [-0.05, 0) is 30.9 Å². The molecule has 0 radical (unpaired) electrons.